The van der Waals surface area contributed by atoms with Crippen LogP contribution in [0.1, 0.15) is 32.4 Å². The quantitative estimate of drug-likeness (QED) is 0.897. The third kappa shape index (κ3) is 2.47. The van der Waals surface area contributed by atoms with Gasteiger partial charge in [0.1, 0.15) is 12.1 Å². The van der Waals surface area contributed by atoms with Crippen LogP contribution in [-0.2, 0) is 6.42 Å². The van der Waals surface area contributed by atoms with E-state index >= 15 is 0 Å². The van der Waals surface area contributed by atoms with Crippen LogP contribution in [0.4, 0.5) is 5.82 Å². The number of likely N-dealkylation sites (N-methyl/N-ethyl adjacent to an activating group) is 1. The summed E-state index contributed by atoms with van der Waals surface area (Å²) in [6.07, 6.45) is 5.03. The molecule has 0 saturated carbocycles. The van der Waals surface area contributed by atoms with Gasteiger partial charge >= 0.3 is 0 Å². The summed E-state index contributed by atoms with van der Waals surface area (Å²) in [4.78, 5) is 11.2. The van der Waals surface area contributed by atoms with Crippen LogP contribution in [0.3, 0.4) is 0 Å². The van der Waals surface area contributed by atoms with Crippen molar-refractivity contribution in [2.75, 3.05) is 25.0 Å². The van der Waals surface area contributed by atoms with E-state index in [-0.39, 0.29) is 0 Å². The van der Waals surface area contributed by atoms with Gasteiger partial charge in [-0.1, -0.05) is 13.8 Å². The van der Waals surface area contributed by atoms with Gasteiger partial charge in [-0.2, -0.15) is 14.6 Å². The molecule has 2 aromatic rings. The molecule has 1 aliphatic rings. The summed E-state index contributed by atoms with van der Waals surface area (Å²) in [7, 11) is 0. The van der Waals surface area contributed by atoms with E-state index in [1.54, 1.807) is 10.8 Å². The molecule has 0 unspecified atom stereocenters. The molecule has 1 aliphatic heterocycles. The highest BCUT2D eigenvalue weighted by Crippen LogP contribution is 2.18. The largest absolute Gasteiger partial charge is 0.368 e. The van der Waals surface area contributed by atoms with Gasteiger partial charge < -0.3 is 5.32 Å². The average molecular weight is 274 g/mol. The second-order valence-corrected chi connectivity index (χ2v) is 5.26. The molecular formula is C14H22N6. The molecule has 108 valence electrons. The Balaban J connectivity index is 1.78. The minimum atomic E-state index is 0.622. The molecule has 3 heterocycles. The number of hydrogen-bond acceptors (Lipinski definition) is 5. The van der Waals surface area contributed by atoms with E-state index in [1.165, 1.54) is 19.4 Å². The Morgan fingerprint density at radius 2 is 2.30 bits per heavy atom. The molecule has 2 aromatic heterocycles. The Morgan fingerprint density at radius 1 is 1.40 bits per heavy atom. The molecular weight excluding hydrogens is 252 g/mol. The van der Waals surface area contributed by atoms with Crippen molar-refractivity contribution in [3.63, 3.8) is 0 Å². The van der Waals surface area contributed by atoms with Crippen molar-refractivity contribution in [2.24, 2.45) is 0 Å². The smallest absolute Gasteiger partial charge is 0.254 e. The third-order valence-corrected chi connectivity index (χ3v) is 4.09. The summed E-state index contributed by atoms with van der Waals surface area (Å²) >= 11 is 0. The molecule has 1 N–H and O–H groups in total. The maximum absolute atomic E-state index is 4.46. The van der Waals surface area contributed by atoms with Crippen LogP contribution in [0, 0.1) is 0 Å². The Bertz CT molecular complexity index is 578. The molecule has 0 radical (unpaired) electrons. The van der Waals surface area contributed by atoms with Crippen molar-refractivity contribution in [1.82, 2.24) is 24.5 Å². The number of aromatic nitrogens is 4. The van der Waals surface area contributed by atoms with E-state index < -0.39 is 0 Å². The van der Waals surface area contributed by atoms with Crippen LogP contribution < -0.4 is 5.32 Å². The predicted octanol–water partition coefficient (Wildman–Crippen LogP) is 1.58. The minimum Gasteiger partial charge on any atom is -0.368 e. The lowest BCUT2D eigenvalue weighted by Gasteiger charge is -2.23. The first kappa shape index (κ1) is 13.3. The number of nitrogens with zero attached hydrogens (tertiary/aromatic N) is 5. The Hall–Kier alpha value is -1.69. The summed E-state index contributed by atoms with van der Waals surface area (Å²) in [5.41, 5.74) is 1.05. The molecule has 0 aliphatic carbocycles. The number of hydrogen-bond donors (Lipinski definition) is 1. The lowest BCUT2D eigenvalue weighted by Crippen LogP contribution is -2.35. The fraction of sp³-hybridized carbons (Fsp3) is 0.643. The van der Waals surface area contributed by atoms with Crippen LogP contribution in [0.15, 0.2) is 12.4 Å². The lowest BCUT2D eigenvalue weighted by molar-refractivity contribution is 0.277. The van der Waals surface area contributed by atoms with Crippen LogP contribution >= 0.6 is 0 Å². The number of rotatable bonds is 5. The maximum atomic E-state index is 4.46. The van der Waals surface area contributed by atoms with Crippen LogP contribution in [0.25, 0.3) is 5.78 Å². The Kier molecular flexibility index (Phi) is 3.82. The number of fused-ring (bicyclic) bond motifs is 1. The van der Waals surface area contributed by atoms with Crippen molar-refractivity contribution >= 4 is 11.6 Å². The SMILES string of the molecule is CCc1cc(NC[C@@H]2CCCN2CC)n2ncnc2n1. The van der Waals surface area contributed by atoms with Crippen molar-refractivity contribution in [1.29, 1.82) is 0 Å². The van der Waals surface area contributed by atoms with Crippen molar-refractivity contribution < 1.29 is 0 Å². The monoisotopic (exact) mass is 274 g/mol. The van der Waals surface area contributed by atoms with Gasteiger partial charge in [0.15, 0.2) is 0 Å². The number of nitrogens with one attached hydrogen (secondary N) is 1. The summed E-state index contributed by atoms with van der Waals surface area (Å²) in [5, 5.41) is 7.78. The van der Waals surface area contributed by atoms with Crippen molar-refractivity contribution in [3.8, 4) is 0 Å². The van der Waals surface area contributed by atoms with Crippen LogP contribution in [0.2, 0.25) is 0 Å². The second-order valence-electron chi connectivity index (χ2n) is 5.26. The molecule has 0 aromatic carbocycles. The lowest BCUT2D eigenvalue weighted by atomic mass is 10.2. The van der Waals surface area contributed by atoms with Gasteiger partial charge in [0, 0.05) is 24.3 Å². The summed E-state index contributed by atoms with van der Waals surface area (Å²) < 4.78 is 1.78. The fourth-order valence-corrected chi connectivity index (χ4v) is 2.93. The maximum Gasteiger partial charge on any atom is 0.254 e. The topological polar surface area (TPSA) is 58.4 Å². The van der Waals surface area contributed by atoms with Gasteiger partial charge in [0.2, 0.25) is 0 Å². The molecule has 0 spiro atoms. The standard InChI is InChI=1S/C14H22N6/c1-3-11-8-13(20-14(18-11)16-10-17-20)15-9-12-6-5-7-19(12)4-2/h8,10,12,15H,3-7,9H2,1-2H3/t12-/m0/s1. The second kappa shape index (κ2) is 5.75. The molecule has 1 saturated heterocycles. The highest BCUT2D eigenvalue weighted by atomic mass is 15.4. The van der Waals surface area contributed by atoms with Crippen LogP contribution in [0.5, 0.6) is 0 Å². The zero-order valence-corrected chi connectivity index (χ0v) is 12.2. The van der Waals surface area contributed by atoms with Gasteiger partial charge in [-0.3, -0.25) is 4.90 Å². The molecule has 6 heteroatoms. The fourth-order valence-electron chi connectivity index (χ4n) is 2.93. The van der Waals surface area contributed by atoms with E-state index in [1.807, 2.05) is 0 Å². The molecule has 1 fully saturated rings. The first-order chi connectivity index (χ1) is 9.81. The normalized spacial score (nSPS) is 19.8. The summed E-state index contributed by atoms with van der Waals surface area (Å²) in [6.45, 7) is 7.64. The van der Waals surface area contributed by atoms with Gasteiger partial charge in [-0.25, -0.2) is 4.98 Å². The Labute approximate surface area is 119 Å². The summed E-state index contributed by atoms with van der Waals surface area (Å²) in [5.74, 6) is 1.66. The average Bonchev–Trinajstić information content (AvgIpc) is 3.12. The minimum absolute atomic E-state index is 0.622. The number of likely N-dealkylation sites (tertiary alicyclic amines) is 1. The highest BCUT2D eigenvalue weighted by molar-refractivity contribution is 5.45. The Morgan fingerprint density at radius 3 is 3.10 bits per heavy atom. The highest BCUT2D eigenvalue weighted by Gasteiger charge is 2.22. The number of anilines is 1. The van der Waals surface area contributed by atoms with E-state index in [0.29, 0.717) is 11.8 Å². The van der Waals surface area contributed by atoms with Crippen molar-refractivity contribution in [3.05, 3.63) is 18.1 Å². The molecule has 6 nitrogen and oxygen atoms in total. The van der Waals surface area contributed by atoms with Crippen molar-refractivity contribution in [2.45, 2.75) is 39.2 Å². The zero-order chi connectivity index (χ0) is 13.9. The first-order valence-electron chi connectivity index (χ1n) is 7.49. The molecule has 3 rings (SSSR count). The summed E-state index contributed by atoms with van der Waals surface area (Å²) in [6, 6.07) is 2.70. The zero-order valence-electron chi connectivity index (χ0n) is 12.2. The van der Waals surface area contributed by atoms with Gasteiger partial charge in [-0.15, -0.1) is 0 Å². The van der Waals surface area contributed by atoms with Crippen LogP contribution in [-0.4, -0.2) is 50.2 Å². The van der Waals surface area contributed by atoms with E-state index in [2.05, 4.69) is 45.2 Å². The third-order valence-electron chi connectivity index (χ3n) is 4.09. The molecule has 0 amide bonds. The first-order valence-corrected chi connectivity index (χ1v) is 7.49. The van der Waals surface area contributed by atoms with Gasteiger partial charge in [0.25, 0.3) is 5.78 Å². The van der Waals surface area contributed by atoms with E-state index in [0.717, 1.165) is 31.0 Å². The van der Waals surface area contributed by atoms with E-state index in [9.17, 15) is 0 Å². The van der Waals surface area contributed by atoms with Gasteiger partial charge in [-0.05, 0) is 32.4 Å². The number of aryl methyl sites for hydroxylation is 1. The predicted molar refractivity (Wildman–Crippen MR) is 78.9 cm³/mol. The van der Waals surface area contributed by atoms with E-state index in [4.69, 9.17) is 0 Å². The van der Waals surface area contributed by atoms with Gasteiger partial charge in [0.05, 0.1) is 0 Å². The molecule has 20 heavy (non-hydrogen) atoms. The molecule has 0 bridgehead atoms. The molecule has 1 atom stereocenters.